The Morgan fingerprint density at radius 3 is 2.76 bits per heavy atom. The van der Waals surface area contributed by atoms with Gasteiger partial charge in [-0.15, -0.1) is 24.0 Å². The van der Waals surface area contributed by atoms with Crippen LogP contribution in [0.4, 0.5) is 0 Å². The molecule has 3 rings (SSSR count). The number of hydrogen-bond acceptors (Lipinski definition) is 3. The average molecular weight is 458 g/mol. The lowest BCUT2D eigenvalue weighted by molar-refractivity contribution is 0.187. The highest BCUT2D eigenvalue weighted by Gasteiger charge is 2.24. The minimum Gasteiger partial charge on any atom is -0.391 e. The van der Waals surface area contributed by atoms with Gasteiger partial charge in [0.1, 0.15) is 0 Å². The topological polar surface area (TPSA) is 51.1 Å². The van der Waals surface area contributed by atoms with Crippen LogP contribution in [-0.2, 0) is 13.0 Å². The second kappa shape index (κ2) is 9.73. The number of nitrogens with one attached hydrogen (secondary N) is 1. The van der Waals surface area contributed by atoms with Crippen molar-refractivity contribution in [1.82, 2.24) is 15.1 Å². The quantitative estimate of drug-likeness (QED) is 0.412. The fourth-order valence-electron chi connectivity index (χ4n) is 3.59. The highest BCUT2D eigenvalue weighted by atomic mass is 127. The van der Waals surface area contributed by atoms with Crippen molar-refractivity contribution >= 4 is 29.9 Å². The number of guanidine groups is 1. The van der Waals surface area contributed by atoms with Crippen molar-refractivity contribution in [3.05, 3.63) is 35.4 Å². The lowest BCUT2D eigenvalue weighted by atomic mass is 9.99. The molecule has 2 heterocycles. The van der Waals surface area contributed by atoms with Crippen molar-refractivity contribution in [1.29, 1.82) is 0 Å². The molecule has 1 aromatic rings. The Morgan fingerprint density at radius 2 is 2.08 bits per heavy atom. The minimum absolute atomic E-state index is 0. The molecule has 2 aliphatic rings. The predicted octanol–water partition coefficient (Wildman–Crippen LogP) is 2.08. The van der Waals surface area contributed by atoms with Crippen LogP contribution in [0.15, 0.2) is 29.3 Å². The normalized spacial score (nSPS) is 22.3. The molecule has 0 saturated carbocycles. The van der Waals surface area contributed by atoms with Gasteiger partial charge < -0.3 is 15.3 Å². The van der Waals surface area contributed by atoms with Crippen LogP contribution in [0.2, 0.25) is 0 Å². The molecule has 140 valence electrons. The molecular formula is C19H31IN4O. The van der Waals surface area contributed by atoms with E-state index in [0.29, 0.717) is 12.6 Å². The summed E-state index contributed by atoms with van der Waals surface area (Å²) in [6, 6.07) is 9.17. The first-order chi connectivity index (χ1) is 11.7. The molecule has 0 bridgehead atoms. The summed E-state index contributed by atoms with van der Waals surface area (Å²) in [7, 11) is 0. The molecule has 1 aromatic carbocycles. The van der Waals surface area contributed by atoms with Gasteiger partial charge in [0.25, 0.3) is 0 Å². The number of halogens is 1. The lowest BCUT2D eigenvalue weighted by Gasteiger charge is -2.33. The molecule has 2 aliphatic heterocycles. The van der Waals surface area contributed by atoms with Crippen LogP contribution in [0.3, 0.4) is 0 Å². The first-order valence-electron chi connectivity index (χ1n) is 9.19. The summed E-state index contributed by atoms with van der Waals surface area (Å²) >= 11 is 0. The number of aliphatic hydroxyl groups is 1. The molecule has 1 unspecified atom stereocenters. The maximum atomic E-state index is 9.76. The number of aliphatic hydroxyl groups excluding tert-OH is 1. The third-order valence-electron chi connectivity index (χ3n) is 5.09. The van der Waals surface area contributed by atoms with Crippen LogP contribution in [0.25, 0.3) is 0 Å². The Labute approximate surface area is 168 Å². The fourth-order valence-corrected chi connectivity index (χ4v) is 3.59. The fraction of sp³-hybridized carbons (Fsp3) is 0.632. The maximum absolute atomic E-state index is 9.76. The van der Waals surface area contributed by atoms with E-state index in [1.807, 2.05) is 0 Å². The van der Waals surface area contributed by atoms with Crippen molar-refractivity contribution in [3.8, 4) is 0 Å². The van der Waals surface area contributed by atoms with E-state index < -0.39 is 0 Å². The average Bonchev–Trinajstić information content (AvgIpc) is 3.04. The number of rotatable bonds is 4. The van der Waals surface area contributed by atoms with Crippen molar-refractivity contribution in [2.45, 2.75) is 45.4 Å². The van der Waals surface area contributed by atoms with Gasteiger partial charge in [0.2, 0.25) is 0 Å². The van der Waals surface area contributed by atoms with E-state index in [2.05, 4.69) is 53.2 Å². The van der Waals surface area contributed by atoms with Crippen molar-refractivity contribution < 1.29 is 5.11 Å². The SMILES string of the molecule is CCNC(=NCC(C)N1CCc2ccccc2C1)N1CC[C@@H](O)C1.I. The number of benzene rings is 1. The van der Waals surface area contributed by atoms with E-state index in [1.165, 1.54) is 11.1 Å². The standard InChI is InChI=1S/C19H30N4O.HI/c1-3-20-19(23-11-9-18(24)14-23)21-12-15(2)22-10-8-16-6-4-5-7-17(16)13-22;/h4-7,15,18,24H,3,8-14H2,1-2H3,(H,20,21);1H/t15?,18-;/m1./s1. The summed E-state index contributed by atoms with van der Waals surface area (Å²) in [6.07, 6.45) is 1.75. The first-order valence-corrected chi connectivity index (χ1v) is 9.19. The highest BCUT2D eigenvalue weighted by Crippen LogP contribution is 2.20. The van der Waals surface area contributed by atoms with E-state index in [9.17, 15) is 5.11 Å². The molecule has 5 nitrogen and oxygen atoms in total. The van der Waals surface area contributed by atoms with Crippen LogP contribution < -0.4 is 5.32 Å². The zero-order chi connectivity index (χ0) is 16.9. The van der Waals surface area contributed by atoms with Crippen molar-refractivity contribution in [2.75, 3.05) is 32.7 Å². The van der Waals surface area contributed by atoms with E-state index in [1.54, 1.807) is 0 Å². The van der Waals surface area contributed by atoms with Crippen molar-refractivity contribution in [2.24, 2.45) is 4.99 Å². The molecule has 0 amide bonds. The number of fused-ring (bicyclic) bond motifs is 1. The van der Waals surface area contributed by atoms with Gasteiger partial charge in [0.15, 0.2) is 5.96 Å². The molecule has 0 aliphatic carbocycles. The molecular weight excluding hydrogens is 427 g/mol. The largest absolute Gasteiger partial charge is 0.391 e. The maximum Gasteiger partial charge on any atom is 0.194 e. The van der Waals surface area contributed by atoms with Crippen LogP contribution in [-0.4, -0.2) is 65.7 Å². The van der Waals surface area contributed by atoms with Gasteiger partial charge >= 0.3 is 0 Å². The second-order valence-corrected chi connectivity index (χ2v) is 6.92. The Hall–Kier alpha value is -0.860. The molecule has 0 spiro atoms. The number of nitrogens with zero attached hydrogens (tertiary/aromatic N) is 3. The molecule has 6 heteroatoms. The van der Waals surface area contributed by atoms with Crippen LogP contribution >= 0.6 is 24.0 Å². The molecule has 1 saturated heterocycles. The predicted molar refractivity (Wildman–Crippen MR) is 114 cm³/mol. The second-order valence-electron chi connectivity index (χ2n) is 6.92. The van der Waals surface area contributed by atoms with Gasteiger partial charge in [-0.3, -0.25) is 9.89 Å². The molecule has 0 radical (unpaired) electrons. The van der Waals surface area contributed by atoms with E-state index in [-0.39, 0.29) is 30.1 Å². The zero-order valence-electron chi connectivity index (χ0n) is 15.3. The summed E-state index contributed by atoms with van der Waals surface area (Å²) < 4.78 is 0. The summed E-state index contributed by atoms with van der Waals surface area (Å²) in [5.74, 6) is 0.943. The lowest BCUT2D eigenvalue weighted by Crippen LogP contribution is -2.43. The molecule has 25 heavy (non-hydrogen) atoms. The van der Waals surface area contributed by atoms with E-state index in [0.717, 1.165) is 51.5 Å². The summed E-state index contributed by atoms with van der Waals surface area (Å²) in [4.78, 5) is 9.53. The zero-order valence-corrected chi connectivity index (χ0v) is 17.6. The van der Waals surface area contributed by atoms with E-state index in [4.69, 9.17) is 4.99 Å². The Balaban J connectivity index is 0.00000225. The summed E-state index contributed by atoms with van der Waals surface area (Å²) in [5.41, 5.74) is 2.94. The number of likely N-dealkylation sites (tertiary alicyclic amines) is 1. The number of hydrogen-bond donors (Lipinski definition) is 2. The molecule has 2 N–H and O–H groups in total. The van der Waals surface area contributed by atoms with Crippen LogP contribution in [0.1, 0.15) is 31.4 Å². The van der Waals surface area contributed by atoms with Crippen molar-refractivity contribution in [3.63, 3.8) is 0 Å². The molecule has 2 atom stereocenters. The van der Waals surface area contributed by atoms with E-state index >= 15 is 0 Å². The van der Waals surface area contributed by atoms with Gasteiger partial charge in [0, 0.05) is 38.8 Å². The summed E-state index contributed by atoms with van der Waals surface area (Å²) in [6.45, 7) is 9.70. The number of aliphatic imine (C=N–C) groups is 1. The van der Waals surface area contributed by atoms with Crippen LogP contribution in [0.5, 0.6) is 0 Å². The molecule has 1 fully saturated rings. The Bertz CT molecular complexity index is 580. The smallest absolute Gasteiger partial charge is 0.194 e. The Morgan fingerprint density at radius 1 is 1.32 bits per heavy atom. The molecule has 0 aromatic heterocycles. The third kappa shape index (κ3) is 5.31. The van der Waals surface area contributed by atoms with Crippen LogP contribution in [0, 0.1) is 0 Å². The third-order valence-corrected chi connectivity index (χ3v) is 5.09. The number of β-amino-alcohol motifs (C(OH)–C–C–N with tert-alkyl or cyclic N) is 1. The highest BCUT2D eigenvalue weighted by molar-refractivity contribution is 14.0. The van der Waals surface area contributed by atoms with Gasteiger partial charge in [0.05, 0.1) is 12.6 Å². The van der Waals surface area contributed by atoms with Gasteiger partial charge in [-0.2, -0.15) is 0 Å². The van der Waals surface area contributed by atoms with Gasteiger partial charge in [-0.25, -0.2) is 0 Å². The van der Waals surface area contributed by atoms with Gasteiger partial charge in [-0.1, -0.05) is 24.3 Å². The first kappa shape index (κ1) is 20.5. The monoisotopic (exact) mass is 458 g/mol. The van der Waals surface area contributed by atoms with Gasteiger partial charge in [-0.05, 0) is 37.8 Å². The minimum atomic E-state index is -0.218. The summed E-state index contributed by atoms with van der Waals surface area (Å²) in [5, 5.41) is 13.1. The Kier molecular flexibility index (Phi) is 7.96.